The Morgan fingerprint density at radius 2 is 1.12 bits per heavy atom. The van der Waals surface area contributed by atoms with Crippen molar-refractivity contribution in [1.82, 2.24) is 0 Å². The molecule has 0 aliphatic carbocycles. The molecule has 0 aliphatic rings. The summed E-state index contributed by atoms with van der Waals surface area (Å²) < 4.78 is 0. The first kappa shape index (κ1) is 33.3. The number of aliphatic carboxylic acids is 1. The van der Waals surface area contributed by atoms with Crippen LogP contribution in [0.5, 0.6) is 0 Å². The van der Waals surface area contributed by atoms with Crippen molar-refractivity contribution in [2.24, 2.45) is 0 Å². The number of carboxylic acids is 1. The Morgan fingerprint density at radius 3 is 1.52 bits per heavy atom. The molecule has 0 radical (unpaired) electrons. The van der Waals surface area contributed by atoms with E-state index in [1.54, 1.807) is 0 Å². The molecule has 25 heavy (non-hydrogen) atoms. The number of carbonyl (C=O) groups excluding carboxylic acids is 2. The Bertz CT molecular complexity index is 285. The second-order valence-electron chi connectivity index (χ2n) is 5.80. The molecule has 0 heterocycles. The van der Waals surface area contributed by atoms with Gasteiger partial charge in [0.25, 0.3) is 0 Å². The van der Waals surface area contributed by atoms with Crippen molar-refractivity contribution in [3.8, 4) is 0 Å². The molecule has 0 unspecified atom stereocenters. The number of allylic oxidation sites excluding steroid dienone is 2. The average molecular weight is 372 g/mol. The molecular formula is C19H34Na2O4. The second-order valence-corrected chi connectivity index (χ2v) is 5.80. The first-order chi connectivity index (χ1) is 11.2. The monoisotopic (exact) mass is 372 g/mol. The van der Waals surface area contributed by atoms with Gasteiger partial charge < -0.3 is 19.8 Å². The second kappa shape index (κ2) is 32.4. The zero-order valence-corrected chi connectivity index (χ0v) is 20.8. The summed E-state index contributed by atoms with van der Waals surface area (Å²) in [6.45, 7) is 1.76. The molecule has 0 aromatic rings. The Balaban J connectivity index is -0.000000409. The van der Waals surface area contributed by atoms with E-state index in [9.17, 15) is 9.90 Å². The first-order valence-corrected chi connectivity index (χ1v) is 9.09. The molecule has 6 heteroatoms. The number of rotatable bonds is 15. The summed E-state index contributed by atoms with van der Waals surface area (Å²) >= 11 is 0. The van der Waals surface area contributed by atoms with Gasteiger partial charge in [-0.1, -0.05) is 70.4 Å². The summed E-state index contributed by atoms with van der Waals surface area (Å²) in [5.74, 6) is -0.914. The van der Waals surface area contributed by atoms with Crippen LogP contribution in [0, 0.1) is 0 Å². The zero-order valence-electron chi connectivity index (χ0n) is 16.8. The summed E-state index contributed by atoms with van der Waals surface area (Å²) in [6, 6.07) is 0. The normalized spacial score (nSPS) is 9.48. The molecule has 0 amide bonds. The quantitative estimate of drug-likeness (QED) is 0.134. The van der Waals surface area contributed by atoms with Gasteiger partial charge in [0.15, 0.2) is 0 Å². The molecule has 0 aromatic heterocycles. The van der Waals surface area contributed by atoms with Gasteiger partial charge in [-0.25, -0.2) is 0 Å². The summed E-state index contributed by atoms with van der Waals surface area (Å²) in [5.41, 5.74) is 0. The minimum Gasteiger partial charge on any atom is -0.554 e. The van der Waals surface area contributed by atoms with Gasteiger partial charge >= 0.3 is 59.1 Å². The minimum atomic E-state index is -0.914. The number of unbranched alkanes of at least 4 members (excludes halogenated alkanes) is 11. The average Bonchev–Trinajstić information content (AvgIpc) is 2.51. The van der Waals surface area contributed by atoms with Crippen LogP contribution >= 0.6 is 0 Å². The summed E-state index contributed by atoms with van der Waals surface area (Å²) in [6.07, 6.45) is 20.9. The van der Waals surface area contributed by atoms with Crippen LogP contribution in [0.15, 0.2) is 12.2 Å². The molecule has 0 aliphatic heterocycles. The van der Waals surface area contributed by atoms with Gasteiger partial charge in [-0.3, -0.25) is 0 Å². The van der Waals surface area contributed by atoms with Crippen LogP contribution < -0.4 is 69.3 Å². The largest absolute Gasteiger partial charge is 1.00 e. The fraction of sp³-hybridized carbons (Fsp3) is 0.789. The van der Waals surface area contributed by atoms with Gasteiger partial charge in [0, 0.05) is 12.4 Å². The van der Waals surface area contributed by atoms with E-state index < -0.39 is 12.4 Å². The van der Waals surface area contributed by atoms with Crippen molar-refractivity contribution in [1.29, 1.82) is 0 Å². The van der Waals surface area contributed by atoms with Crippen LogP contribution in [0.3, 0.4) is 0 Å². The van der Waals surface area contributed by atoms with E-state index in [0.29, 0.717) is 0 Å². The van der Waals surface area contributed by atoms with E-state index in [0.717, 1.165) is 19.3 Å². The Hall–Kier alpha value is 0.680. The standard InChI is InChI=1S/C18H34O2.CH2O2.2Na/c1-2-3-4-5-6-7-8-9-10-11-12-13-14-15-16-17-18(19)20;2-1-3;;/h9-10H,2-8,11-17H2,1H3,(H,19,20);1H,(H,2,3);;/q;;2*+1/p-2/b10-9-;;;. The van der Waals surface area contributed by atoms with Gasteiger partial charge in [0.1, 0.15) is 0 Å². The molecule has 4 nitrogen and oxygen atoms in total. The SMILES string of the molecule is CCCCCCCC/C=C\CCCCCCCC(=O)[O-].O=C[O-].[Na+].[Na+]. The topological polar surface area (TPSA) is 80.3 Å². The summed E-state index contributed by atoms with van der Waals surface area (Å²) in [7, 11) is 0. The zero-order chi connectivity index (χ0) is 17.6. The van der Waals surface area contributed by atoms with E-state index >= 15 is 0 Å². The van der Waals surface area contributed by atoms with Crippen LogP contribution in [0.2, 0.25) is 0 Å². The van der Waals surface area contributed by atoms with E-state index in [1.165, 1.54) is 64.2 Å². The predicted octanol–water partition coefficient (Wildman–Crippen LogP) is -2.85. The molecule has 0 atom stereocenters. The van der Waals surface area contributed by atoms with Crippen molar-refractivity contribution < 1.29 is 78.9 Å². The van der Waals surface area contributed by atoms with Gasteiger partial charge in [-0.05, 0) is 38.5 Å². The number of hydrogen-bond acceptors (Lipinski definition) is 4. The molecule has 0 saturated heterocycles. The third-order valence-electron chi connectivity index (χ3n) is 3.64. The molecule has 0 N–H and O–H groups in total. The predicted molar refractivity (Wildman–Crippen MR) is 90.5 cm³/mol. The van der Waals surface area contributed by atoms with E-state index in [1.807, 2.05) is 0 Å². The third-order valence-corrected chi connectivity index (χ3v) is 3.64. The van der Waals surface area contributed by atoms with Gasteiger partial charge in [0.2, 0.25) is 0 Å². The summed E-state index contributed by atoms with van der Waals surface area (Å²) in [4.78, 5) is 18.5. The fourth-order valence-electron chi connectivity index (χ4n) is 2.34. The molecule has 0 spiro atoms. The number of carbonyl (C=O) groups is 2. The molecule has 0 rings (SSSR count). The van der Waals surface area contributed by atoms with Crippen molar-refractivity contribution in [3.63, 3.8) is 0 Å². The Labute approximate surface area is 198 Å². The van der Waals surface area contributed by atoms with Gasteiger partial charge in [-0.2, -0.15) is 0 Å². The maximum absolute atomic E-state index is 10.2. The van der Waals surface area contributed by atoms with Gasteiger partial charge in [-0.15, -0.1) is 0 Å². The van der Waals surface area contributed by atoms with Crippen molar-refractivity contribution in [3.05, 3.63) is 12.2 Å². The first-order valence-electron chi connectivity index (χ1n) is 9.09. The van der Waals surface area contributed by atoms with Crippen LogP contribution in [-0.4, -0.2) is 12.4 Å². The smallest absolute Gasteiger partial charge is 0.554 e. The Kier molecular flexibility index (Phi) is 43.1. The van der Waals surface area contributed by atoms with Crippen molar-refractivity contribution in [2.75, 3.05) is 0 Å². The Morgan fingerprint density at radius 1 is 0.760 bits per heavy atom. The van der Waals surface area contributed by atoms with Crippen LogP contribution in [0.25, 0.3) is 0 Å². The van der Waals surface area contributed by atoms with Crippen molar-refractivity contribution >= 4 is 12.4 Å². The molecule has 0 fully saturated rings. The molecule has 0 saturated carbocycles. The van der Waals surface area contributed by atoms with Crippen LogP contribution in [-0.2, 0) is 9.59 Å². The molecular weight excluding hydrogens is 338 g/mol. The maximum Gasteiger partial charge on any atom is 1.00 e. The van der Waals surface area contributed by atoms with Gasteiger partial charge in [0.05, 0.1) is 0 Å². The number of carboxylic acid groups (broad SMARTS) is 2. The minimum absolute atomic E-state index is 0. The molecule has 0 aromatic carbocycles. The van der Waals surface area contributed by atoms with E-state index in [-0.39, 0.29) is 65.5 Å². The molecule has 0 bridgehead atoms. The van der Waals surface area contributed by atoms with Crippen LogP contribution in [0.4, 0.5) is 0 Å². The number of hydrogen-bond donors (Lipinski definition) is 0. The fourth-order valence-corrected chi connectivity index (χ4v) is 2.34. The maximum atomic E-state index is 10.2. The van der Waals surface area contributed by atoms with E-state index in [2.05, 4.69) is 19.1 Å². The van der Waals surface area contributed by atoms with Crippen molar-refractivity contribution in [2.45, 2.75) is 96.8 Å². The molecule has 136 valence electrons. The summed E-state index contributed by atoms with van der Waals surface area (Å²) in [5, 5.41) is 18.5. The van der Waals surface area contributed by atoms with E-state index in [4.69, 9.17) is 9.90 Å². The third kappa shape index (κ3) is 40.6. The van der Waals surface area contributed by atoms with Crippen LogP contribution in [0.1, 0.15) is 96.8 Å².